The first-order valence-corrected chi connectivity index (χ1v) is 9.22. The van der Waals surface area contributed by atoms with Gasteiger partial charge in [-0.25, -0.2) is 30.7 Å². The highest BCUT2D eigenvalue weighted by molar-refractivity contribution is 5.95. The maximum Gasteiger partial charge on any atom is 0.508 e. The van der Waals surface area contributed by atoms with E-state index in [1.54, 1.807) is 6.07 Å². The van der Waals surface area contributed by atoms with Gasteiger partial charge in [0.2, 0.25) is 23.1 Å². The fraction of sp³-hybridized carbons (Fsp3) is 0. The molecular formula is C22H6F9N2O+. The van der Waals surface area contributed by atoms with Crippen LogP contribution in [0.15, 0.2) is 41.5 Å². The normalized spacial score (nSPS) is 11.8. The minimum absolute atomic E-state index is 0.223. The molecule has 0 radical (unpaired) electrons. The molecule has 0 unspecified atom stereocenters. The molecule has 3 aromatic carbocycles. The molecule has 0 amide bonds. The Kier molecular flexibility index (Phi) is 4.61. The average molecular weight is 485 g/mol. The molecule has 5 aromatic rings. The van der Waals surface area contributed by atoms with Crippen LogP contribution >= 0.6 is 0 Å². The minimum atomic E-state index is -2.66. The Morgan fingerprint density at radius 1 is 0.588 bits per heavy atom. The lowest BCUT2D eigenvalue weighted by molar-refractivity contribution is -0.618. The van der Waals surface area contributed by atoms with Gasteiger partial charge in [-0.05, 0) is 12.1 Å². The Labute approximate surface area is 181 Å². The van der Waals surface area contributed by atoms with Gasteiger partial charge in [0.15, 0.2) is 40.4 Å². The predicted octanol–water partition coefficient (Wildman–Crippen LogP) is 5.09. The van der Waals surface area contributed by atoms with Gasteiger partial charge in [-0.15, -0.1) is 0 Å². The molecule has 12 heteroatoms. The summed E-state index contributed by atoms with van der Waals surface area (Å²) in [5.74, 6) is -22.8. The first-order chi connectivity index (χ1) is 16.1. The number of hydrogen-bond donors (Lipinski definition) is 0. The predicted molar refractivity (Wildman–Crippen MR) is 98.9 cm³/mol. The van der Waals surface area contributed by atoms with Crippen molar-refractivity contribution < 1.29 is 44.1 Å². The lowest BCUT2D eigenvalue weighted by Gasteiger charge is -2.13. The third-order valence-corrected chi connectivity index (χ3v) is 5.36. The molecule has 0 spiro atoms. The van der Waals surface area contributed by atoms with Crippen LogP contribution in [-0.4, -0.2) is 4.40 Å². The third-order valence-electron chi connectivity index (χ3n) is 5.36. The zero-order valence-corrected chi connectivity index (χ0v) is 16.2. The van der Waals surface area contributed by atoms with Crippen LogP contribution in [0.3, 0.4) is 0 Å². The van der Waals surface area contributed by atoms with E-state index < -0.39 is 74.9 Å². The smallest absolute Gasteiger partial charge is 0.203 e. The molecule has 0 N–H and O–H groups in total. The SMILES string of the molecule is O=c1n2ccc3cccc(c[n+]1-c1c(F)c(F)c(-c4c(F)c(F)c(F)c(F)c4F)c(F)c1F)c32. The van der Waals surface area contributed by atoms with Gasteiger partial charge in [0, 0.05) is 5.39 Å². The molecule has 34 heavy (non-hydrogen) atoms. The highest BCUT2D eigenvalue weighted by atomic mass is 19.2. The number of para-hydroxylation sites is 1. The van der Waals surface area contributed by atoms with Crippen molar-refractivity contribution >= 4 is 16.3 Å². The van der Waals surface area contributed by atoms with Crippen LogP contribution in [0.1, 0.15) is 0 Å². The maximum absolute atomic E-state index is 15.0. The van der Waals surface area contributed by atoms with Crippen LogP contribution in [0.4, 0.5) is 39.5 Å². The van der Waals surface area contributed by atoms with Crippen molar-refractivity contribution in [3.8, 4) is 16.8 Å². The summed E-state index contributed by atoms with van der Waals surface area (Å²) < 4.78 is 129. The van der Waals surface area contributed by atoms with Crippen LogP contribution in [0.5, 0.6) is 0 Å². The van der Waals surface area contributed by atoms with E-state index in [0.29, 0.717) is 10.9 Å². The van der Waals surface area contributed by atoms with E-state index in [4.69, 9.17) is 0 Å². The molecule has 0 fully saturated rings. The zero-order valence-electron chi connectivity index (χ0n) is 16.2. The van der Waals surface area contributed by atoms with Crippen molar-refractivity contribution in [2.75, 3.05) is 0 Å². The van der Waals surface area contributed by atoms with Crippen molar-refractivity contribution in [1.29, 1.82) is 0 Å². The van der Waals surface area contributed by atoms with Gasteiger partial charge in [-0.3, -0.25) is 0 Å². The van der Waals surface area contributed by atoms with Crippen molar-refractivity contribution in [1.82, 2.24) is 4.40 Å². The molecule has 5 rings (SSSR count). The topological polar surface area (TPSA) is 25.4 Å². The molecule has 0 saturated heterocycles. The fourth-order valence-corrected chi connectivity index (χ4v) is 3.83. The van der Waals surface area contributed by atoms with Gasteiger partial charge in [0.25, 0.3) is 0 Å². The summed E-state index contributed by atoms with van der Waals surface area (Å²) in [6.45, 7) is 0. The van der Waals surface area contributed by atoms with Crippen LogP contribution in [0, 0.1) is 52.4 Å². The monoisotopic (exact) mass is 485 g/mol. The molecule has 172 valence electrons. The van der Waals surface area contributed by atoms with E-state index in [0.717, 1.165) is 10.6 Å². The molecule has 0 bridgehead atoms. The van der Waals surface area contributed by atoms with Gasteiger partial charge in [-0.2, -0.15) is 22.5 Å². The van der Waals surface area contributed by atoms with Gasteiger partial charge >= 0.3 is 5.69 Å². The summed E-state index contributed by atoms with van der Waals surface area (Å²) in [6.07, 6.45) is 2.12. The second-order valence-electron chi connectivity index (χ2n) is 7.18. The number of halogens is 9. The molecule has 2 aromatic heterocycles. The Morgan fingerprint density at radius 3 is 1.62 bits per heavy atom. The highest BCUT2D eigenvalue weighted by Crippen LogP contribution is 2.37. The number of benzene rings is 3. The summed E-state index contributed by atoms with van der Waals surface area (Å²) in [6, 6.07) is 6.09. The van der Waals surface area contributed by atoms with E-state index in [2.05, 4.69) is 0 Å². The van der Waals surface area contributed by atoms with Crippen LogP contribution < -0.4 is 10.3 Å². The second kappa shape index (κ2) is 7.20. The van der Waals surface area contributed by atoms with Crippen molar-refractivity contribution in [2.45, 2.75) is 0 Å². The van der Waals surface area contributed by atoms with Crippen molar-refractivity contribution in [3.63, 3.8) is 0 Å². The Morgan fingerprint density at radius 2 is 1.06 bits per heavy atom. The van der Waals surface area contributed by atoms with E-state index in [9.17, 15) is 44.3 Å². The lowest BCUT2D eigenvalue weighted by Crippen LogP contribution is -2.52. The van der Waals surface area contributed by atoms with Crippen LogP contribution in [0.25, 0.3) is 33.1 Å². The van der Waals surface area contributed by atoms with E-state index in [-0.39, 0.29) is 9.95 Å². The van der Waals surface area contributed by atoms with Gasteiger partial charge in [0.1, 0.15) is 12.4 Å². The minimum Gasteiger partial charge on any atom is -0.203 e. The summed E-state index contributed by atoms with van der Waals surface area (Å²) >= 11 is 0. The van der Waals surface area contributed by atoms with Crippen LogP contribution in [-0.2, 0) is 0 Å². The molecule has 0 saturated carbocycles. The Bertz CT molecular complexity index is 1670. The fourth-order valence-electron chi connectivity index (χ4n) is 3.83. The highest BCUT2D eigenvalue weighted by Gasteiger charge is 2.37. The quantitative estimate of drug-likeness (QED) is 0.148. The Hall–Kier alpha value is -4.09. The molecule has 0 atom stereocenters. The number of aromatic nitrogens is 2. The standard InChI is InChI=1S/C22H6F9N2O/c23-11-9(12(24)16(28)17(29)15(11)27)10-13(25)18(30)21(19(31)14(10)26)33-6-8-3-1-2-7-4-5-32(20(7)8)22(33)34/h1-6H/q+1. The van der Waals surface area contributed by atoms with E-state index >= 15 is 0 Å². The molecule has 3 nitrogen and oxygen atoms in total. The second-order valence-corrected chi connectivity index (χ2v) is 7.18. The van der Waals surface area contributed by atoms with Crippen LogP contribution in [0.2, 0.25) is 0 Å². The molecule has 2 heterocycles. The van der Waals surface area contributed by atoms with Gasteiger partial charge in [0.05, 0.1) is 16.5 Å². The molecule has 0 aliphatic rings. The van der Waals surface area contributed by atoms with Gasteiger partial charge < -0.3 is 0 Å². The van der Waals surface area contributed by atoms with E-state index in [1.165, 1.54) is 24.4 Å². The molecule has 0 aliphatic carbocycles. The van der Waals surface area contributed by atoms with Crippen molar-refractivity contribution in [2.24, 2.45) is 0 Å². The summed E-state index contributed by atoms with van der Waals surface area (Å²) in [5, 5.41) is 0.798. The lowest BCUT2D eigenvalue weighted by atomic mass is 10.0. The molecule has 0 aliphatic heterocycles. The first-order valence-electron chi connectivity index (χ1n) is 9.22. The summed E-state index contributed by atoms with van der Waals surface area (Å²) in [4.78, 5) is 12.8. The average Bonchev–Trinajstić information content (AvgIpc) is 3.26. The number of nitrogens with zero attached hydrogens (tertiary/aromatic N) is 2. The molecular weight excluding hydrogens is 479 g/mol. The summed E-state index contributed by atoms with van der Waals surface area (Å²) in [7, 11) is 0. The zero-order chi connectivity index (χ0) is 24.6. The number of rotatable bonds is 2. The summed E-state index contributed by atoms with van der Waals surface area (Å²) in [5.41, 5.74) is -6.79. The number of hydrogen-bond acceptors (Lipinski definition) is 1. The Balaban J connectivity index is 1.88. The largest absolute Gasteiger partial charge is 0.508 e. The third kappa shape index (κ3) is 2.68. The van der Waals surface area contributed by atoms with E-state index in [1.807, 2.05) is 0 Å². The van der Waals surface area contributed by atoms with Gasteiger partial charge in [-0.1, -0.05) is 12.1 Å². The maximum atomic E-state index is 15.0. The first kappa shape index (κ1) is 21.7. The van der Waals surface area contributed by atoms with Crippen molar-refractivity contribution in [3.05, 3.63) is 99.5 Å².